The molecule has 9 nitrogen and oxygen atoms in total. The van der Waals surface area contributed by atoms with Gasteiger partial charge in [-0.1, -0.05) is 12.1 Å². The third-order valence-corrected chi connectivity index (χ3v) is 5.68. The molecule has 0 saturated heterocycles. The Morgan fingerprint density at radius 3 is 2.82 bits per heavy atom. The minimum atomic E-state index is -0.695. The maximum absolute atomic E-state index is 13.4. The number of rotatable bonds is 5. The monoisotopic (exact) mass is 449 g/mol. The molecule has 1 amide bonds. The first kappa shape index (κ1) is 20.7. The van der Waals surface area contributed by atoms with Crippen LogP contribution in [0.3, 0.4) is 0 Å². The van der Waals surface area contributed by atoms with E-state index in [-0.39, 0.29) is 23.4 Å². The summed E-state index contributed by atoms with van der Waals surface area (Å²) in [5, 5.41) is 13.1. The molecule has 10 heteroatoms. The number of nitrogens with zero attached hydrogens (tertiary/aromatic N) is 4. The molecule has 4 aromatic rings. The molecule has 5 rings (SSSR count). The van der Waals surface area contributed by atoms with Crippen molar-refractivity contribution in [2.75, 3.05) is 7.05 Å². The van der Waals surface area contributed by atoms with Crippen LogP contribution >= 0.6 is 0 Å². The number of ether oxygens (including phenoxy) is 1. The van der Waals surface area contributed by atoms with E-state index < -0.39 is 23.3 Å². The molecule has 0 unspecified atom stereocenters. The maximum atomic E-state index is 13.4. The zero-order chi connectivity index (χ0) is 23.1. The Morgan fingerprint density at radius 1 is 1.33 bits per heavy atom. The molecule has 4 heterocycles. The molecule has 0 spiro atoms. The van der Waals surface area contributed by atoms with Gasteiger partial charge in [-0.25, -0.2) is 9.37 Å². The molecule has 1 aliphatic rings. The zero-order valence-electron chi connectivity index (χ0n) is 17.7. The van der Waals surface area contributed by atoms with E-state index in [1.165, 1.54) is 23.7 Å². The molecule has 0 saturated carbocycles. The summed E-state index contributed by atoms with van der Waals surface area (Å²) in [6.07, 6.45) is 6.57. The normalized spacial score (nSPS) is 14.8. The van der Waals surface area contributed by atoms with Gasteiger partial charge in [-0.15, -0.1) is 0 Å². The number of amides is 1. The van der Waals surface area contributed by atoms with Crippen LogP contribution in [0.1, 0.15) is 21.5 Å². The molecular formula is C23H20FN5O4. The maximum Gasteiger partial charge on any atom is 0.268 e. The van der Waals surface area contributed by atoms with Gasteiger partial charge < -0.3 is 19.7 Å². The van der Waals surface area contributed by atoms with Crippen LogP contribution in [0.2, 0.25) is 0 Å². The highest BCUT2D eigenvalue weighted by atomic mass is 19.1. The Kier molecular flexibility index (Phi) is 5.04. The fourth-order valence-electron chi connectivity index (χ4n) is 4.12. The number of carbonyl (C=O) groups is 1. The van der Waals surface area contributed by atoms with Gasteiger partial charge in [0, 0.05) is 37.6 Å². The van der Waals surface area contributed by atoms with Gasteiger partial charge in [-0.05, 0) is 17.7 Å². The topological polar surface area (TPSA) is 111 Å². The number of aromatic hydroxyl groups is 1. The van der Waals surface area contributed by atoms with Gasteiger partial charge in [0.2, 0.25) is 0 Å². The van der Waals surface area contributed by atoms with Crippen LogP contribution in [0.5, 0.6) is 11.5 Å². The molecule has 0 radical (unpaired) electrons. The van der Waals surface area contributed by atoms with Gasteiger partial charge in [0.25, 0.3) is 11.5 Å². The third-order valence-electron chi connectivity index (χ3n) is 5.68. The SMILES string of the molecule is CNC(=O)c1c(O)c2ncc(Cc3ccc(F)cc3)c3c2n(c1=O)C[C@H](Cn1ccnc1)O3. The molecule has 33 heavy (non-hydrogen) atoms. The summed E-state index contributed by atoms with van der Waals surface area (Å²) in [6.45, 7) is 0.578. The Morgan fingerprint density at radius 2 is 2.12 bits per heavy atom. The number of imidazole rings is 1. The number of benzene rings is 1. The van der Waals surface area contributed by atoms with E-state index in [0.717, 1.165) is 5.56 Å². The molecule has 1 aliphatic heterocycles. The van der Waals surface area contributed by atoms with Crippen LogP contribution in [-0.4, -0.2) is 43.3 Å². The summed E-state index contributed by atoms with van der Waals surface area (Å²) in [5.41, 5.74) is 0.941. The second-order valence-electron chi connectivity index (χ2n) is 7.83. The van der Waals surface area contributed by atoms with Crippen LogP contribution in [0.15, 0.2) is 54.0 Å². The highest BCUT2D eigenvalue weighted by Crippen LogP contribution is 2.37. The fourth-order valence-corrected chi connectivity index (χ4v) is 4.12. The van der Waals surface area contributed by atoms with Crippen LogP contribution in [0.4, 0.5) is 4.39 Å². The molecule has 1 aromatic carbocycles. The highest BCUT2D eigenvalue weighted by Gasteiger charge is 2.31. The summed E-state index contributed by atoms with van der Waals surface area (Å²) >= 11 is 0. The van der Waals surface area contributed by atoms with Crippen molar-refractivity contribution >= 4 is 16.9 Å². The van der Waals surface area contributed by atoms with E-state index in [1.54, 1.807) is 37.1 Å². The van der Waals surface area contributed by atoms with E-state index in [4.69, 9.17) is 4.74 Å². The molecule has 0 bridgehead atoms. The predicted molar refractivity (Wildman–Crippen MR) is 117 cm³/mol. The van der Waals surface area contributed by atoms with Gasteiger partial charge in [0.05, 0.1) is 19.4 Å². The van der Waals surface area contributed by atoms with Gasteiger partial charge >= 0.3 is 0 Å². The van der Waals surface area contributed by atoms with Crippen LogP contribution in [-0.2, 0) is 19.5 Å². The van der Waals surface area contributed by atoms with E-state index in [2.05, 4.69) is 15.3 Å². The van der Waals surface area contributed by atoms with Crippen LogP contribution in [0, 0.1) is 5.82 Å². The number of carbonyl (C=O) groups excluding carboxylic acids is 1. The average molecular weight is 449 g/mol. The van der Waals surface area contributed by atoms with Crippen molar-refractivity contribution in [3.05, 3.63) is 82.0 Å². The Labute approximate surface area is 187 Å². The lowest BCUT2D eigenvalue weighted by Gasteiger charge is -2.30. The van der Waals surface area contributed by atoms with Crippen molar-refractivity contribution < 1.29 is 19.0 Å². The lowest BCUT2D eigenvalue weighted by molar-refractivity contribution is 0.0956. The molecule has 0 fully saturated rings. The van der Waals surface area contributed by atoms with Crippen molar-refractivity contribution in [3.8, 4) is 11.5 Å². The summed E-state index contributed by atoms with van der Waals surface area (Å²) < 4.78 is 22.9. The molecule has 0 aliphatic carbocycles. The fraction of sp³-hybridized carbons (Fsp3) is 0.217. The Balaban J connectivity index is 1.69. The summed E-state index contributed by atoms with van der Waals surface area (Å²) in [4.78, 5) is 34.0. The minimum absolute atomic E-state index is 0.104. The van der Waals surface area contributed by atoms with E-state index in [1.807, 2.05) is 4.57 Å². The number of hydrogen-bond donors (Lipinski definition) is 2. The van der Waals surface area contributed by atoms with Crippen LogP contribution in [0.25, 0.3) is 11.0 Å². The van der Waals surface area contributed by atoms with Crippen molar-refractivity contribution in [1.29, 1.82) is 0 Å². The minimum Gasteiger partial charge on any atom is -0.505 e. The van der Waals surface area contributed by atoms with Crippen molar-refractivity contribution in [1.82, 2.24) is 24.4 Å². The van der Waals surface area contributed by atoms with E-state index >= 15 is 0 Å². The molecule has 2 N–H and O–H groups in total. The van der Waals surface area contributed by atoms with Crippen molar-refractivity contribution in [3.63, 3.8) is 0 Å². The second-order valence-corrected chi connectivity index (χ2v) is 7.83. The summed E-state index contributed by atoms with van der Waals surface area (Å²) in [6, 6.07) is 6.07. The quantitative estimate of drug-likeness (QED) is 0.481. The first-order valence-electron chi connectivity index (χ1n) is 10.3. The standard InChI is InChI=1S/C23H20FN5O4/c1-25-22(31)17-20(30)18-19-21(14(9-27-18)8-13-2-4-15(24)5-3-13)33-16(11-29(19)23(17)32)10-28-7-6-26-12-28/h2-7,9,12,16,30H,8,10-11H2,1H3,(H,25,31)/t16-/m0/s1. The Bertz CT molecular complexity index is 1410. The van der Waals surface area contributed by atoms with Gasteiger partial charge in [-0.2, -0.15) is 0 Å². The van der Waals surface area contributed by atoms with Gasteiger partial charge in [0.15, 0.2) is 11.5 Å². The zero-order valence-corrected chi connectivity index (χ0v) is 17.7. The molecular weight excluding hydrogens is 429 g/mol. The number of halogens is 1. The summed E-state index contributed by atoms with van der Waals surface area (Å²) in [7, 11) is 1.39. The van der Waals surface area contributed by atoms with Gasteiger partial charge in [0.1, 0.15) is 28.5 Å². The summed E-state index contributed by atoms with van der Waals surface area (Å²) in [5.74, 6) is -1.12. The first-order valence-corrected chi connectivity index (χ1v) is 10.3. The van der Waals surface area contributed by atoms with E-state index in [9.17, 15) is 19.1 Å². The highest BCUT2D eigenvalue weighted by molar-refractivity contribution is 6.02. The Hall–Kier alpha value is -4.21. The predicted octanol–water partition coefficient (Wildman–Crippen LogP) is 1.85. The second kappa shape index (κ2) is 8.05. The van der Waals surface area contributed by atoms with Crippen LogP contribution < -0.4 is 15.6 Å². The van der Waals surface area contributed by atoms with Gasteiger partial charge in [-0.3, -0.25) is 19.1 Å². The number of hydrogen-bond acceptors (Lipinski definition) is 6. The average Bonchev–Trinajstić information content (AvgIpc) is 3.32. The van der Waals surface area contributed by atoms with Crippen molar-refractivity contribution in [2.45, 2.75) is 25.6 Å². The first-order chi connectivity index (χ1) is 16.0. The molecule has 168 valence electrons. The van der Waals surface area contributed by atoms with Crippen molar-refractivity contribution in [2.24, 2.45) is 0 Å². The lowest BCUT2D eigenvalue weighted by atomic mass is 10.0. The smallest absolute Gasteiger partial charge is 0.268 e. The van der Waals surface area contributed by atoms with E-state index in [0.29, 0.717) is 29.8 Å². The number of nitrogens with one attached hydrogen (secondary N) is 1. The lowest BCUT2D eigenvalue weighted by Crippen LogP contribution is -2.40. The molecule has 3 aromatic heterocycles. The largest absolute Gasteiger partial charge is 0.505 e. The number of pyridine rings is 2. The third kappa shape index (κ3) is 3.59. The number of aromatic nitrogens is 4. The molecule has 1 atom stereocenters.